The fourth-order valence-electron chi connectivity index (χ4n) is 6.56. The molecule has 0 radical (unpaired) electrons. The van der Waals surface area contributed by atoms with Gasteiger partial charge in [-0.3, -0.25) is 19.2 Å². The number of halogens is 2. The predicted octanol–water partition coefficient (Wildman–Crippen LogP) is 6.49. The van der Waals surface area contributed by atoms with E-state index in [1.807, 2.05) is 0 Å². The largest absolute Gasteiger partial charge is 0.748 e. The fourth-order valence-corrected chi connectivity index (χ4v) is 7.08. The zero-order chi connectivity index (χ0) is 36.7. The van der Waals surface area contributed by atoms with Gasteiger partial charge in [0.05, 0.1) is 90.0 Å². The van der Waals surface area contributed by atoms with E-state index in [0.29, 0.717) is 28.3 Å². The molecule has 50 heavy (non-hydrogen) atoms. The molecule has 1 heterocycles. The molecule has 0 amide bonds. The molecular weight excluding hydrogens is 701 g/mol. The average molecular weight is 737 g/mol. The molecule has 2 N–H and O–H groups in total. The van der Waals surface area contributed by atoms with Crippen LogP contribution in [0, 0.1) is 0 Å². The van der Waals surface area contributed by atoms with Crippen LogP contribution in [0.4, 0.5) is 0 Å². The van der Waals surface area contributed by atoms with E-state index in [1.165, 1.54) is 30.7 Å². The van der Waals surface area contributed by atoms with Gasteiger partial charge < -0.3 is 19.0 Å². The summed E-state index contributed by atoms with van der Waals surface area (Å²) in [7, 11) is -3.92. The SMILES string of the molecule is CC[N+](CC)(CC)CC.CS(=O)(=O)[O-].O=c1c2ccc3[nH]c4c(ccc5c(=O)c6c(Cl)cccc6c(=O)c54)[nH]c3c2c(=O)c2cccc(Cl)c12. The van der Waals surface area contributed by atoms with Crippen LogP contribution < -0.4 is 21.7 Å². The minimum Gasteiger partial charge on any atom is -0.748 e. The smallest absolute Gasteiger partial charge is 0.196 e. The molecule has 0 aliphatic rings. The van der Waals surface area contributed by atoms with Crippen molar-refractivity contribution in [3.8, 4) is 0 Å². The van der Waals surface area contributed by atoms with Crippen molar-refractivity contribution in [1.82, 2.24) is 9.97 Å². The third-order valence-electron chi connectivity index (χ3n) is 9.53. The third-order valence-corrected chi connectivity index (χ3v) is 10.2. The van der Waals surface area contributed by atoms with Crippen LogP contribution in [0.2, 0.25) is 10.0 Å². The molecule has 0 saturated heterocycles. The van der Waals surface area contributed by atoms with Crippen LogP contribution in [-0.4, -0.2) is 59.9 Å². The molecule has 0 bridgehead atoms. The first kappa shape index (κ1) is 36.9. The quantitative estimate of drug-likeness (QED) is 0.0905. The zero-order valence-corrected chi connectivity index (χ0v) is 30.4. The number of benzene rings is 6. The molecule has 7 aromatic rings. The van der Waals surface area contributed by atoms with Crippen molar-refractivity contribution in [1.29, 1.82) is 0 Å². The van der Waals surface area contributed by atoms with E-state index in [9.17, 15) is 19.2 Å². The van der Waals surface area contributed by atoms with Gasteiger partial charge in [-0.2, -0.15) is 0 Å². The normalized spacial score (nSPS) is 12.0. The second-order valence-corrected chi connectivity index (χ2v) is 14.2. The highest BCUT2D eigenvalue weighted by molar-refractivity contribution is 7.84. The molecule has 0 spiro atoms. The topological polar surface area (TPSA) is 157 Å². The molecule has 13 heteroatoms. The Hall–Kier alpha value is -4.39. The molecule has 260 valence electrons. The number of hydrogen-bond acceptors (Lipinski definition) is 7. The van der Waals surface area contributed by atoms with Gasteiger partial charge in [-0.15, -0.1) is 0 Å². The standard InChI is InChI=1S/C28H12Cl2N2O4.C8H20N.CH4O3S/c29-15-5-1-3-11-19(15)25(33)13-7-9-17-23(21(13)27(11)35)31-18-10-8-14-22(24(18)32-17)28(36)12-4-2-6-16(30)20(12)26(14)34;1-5-9(6-2,7-3)8-4;1-5(2,3)4/h1-10,31-32H;5-8H2,1-4H3;1H3,(H,2,3,4)/q;+1;/p-1. The minimum atomic E-state index is -3.92. The van der Waals surface area contributed by atoms with Crippen LogP contribution in [0.3, 0.4) is 0 Å². The van der Waals surface area contributed by atoms with Gasteiger partial charge in [0.1, 0.15) is 0 Å². The number of hydrogen-bond donors (Lipinski definition) is 2. The van der Waals surface area contributed by atoms with Gasteiger partial charge in [-0.1, -0.05) is 47.5 Å². The van der Waals surface area contributed by atoms with Gasteiger partial charge in [-0.25, -0.2) is 8.42 Å². The molecule has 0 aliphatic carbocycles. The average Bonchev–Trinajstić information content (AvgIpc) is 3.08. The lowest BCUT2D eigenvalue weighted by atomic mass is 9.99. The number of nitrogens with zero attached hydrogens (tertiary/aromatic N) is 1. The van der Waals surface area contributed by atoms with E-state index in [-0.39, 0.29) is 74.9 Å². The number of fused-ring (bicyclic) bond motifs is 8. The highest BCUT2D eigenvalue weighted by atomic mass is 35.5. The van der Waals surface area contributed by atoms with Crippen LogP contribution in [0.25, 0.3) is 65.2 Å². The lowest BCUT2D eigenvalue weighted by molar-refractivity contribution is -0.921. The van der Waals surface area contributed by atoms with E-state index in [0.717, 1.165) is 0 Å². The van der Waals surface area contributed by atoms with Crippen LogP contribution in [-0.2, 0) is 10.1 Å². The van der Waals surface area contributed by atoms with Gasteiger partial charge in [0.25, 0.3) is 0 Å². The number of aromatic amines is 2. The molecule has 1 aromatic heterocycles. The molecule has 7 rings (SSSR count). The van der Waals surface area contributed by atoms with Gasteiger partial charge in [0.2, 0.25) is 0 Å². The Bertz CT molecular complexity index is 2620. The second kappa shape index (κ2) is 14.1. The molecular formula is C37H35Cl2N3O7S. The summed E-state index contributed by atoms with van der Waals surface area (Å²) < 4.78 is 28.5. The lowest BCUT2D eigenvalue weighted by Gasteiger charge is -2.34. The number of aromatic nitrogens is 2. The Kier molecular flexibility index (Phi) is 10.4. The number of H-pyrrole nitrogens is 2. The Morgan fingerprint density at radius 3 is 1.16 bits per heavy atom. The summed E-state index contributed by atoms with van der Waals surface area (Å²) in [5.74, 6) is 0. The summed E-state index contributed by atoms with van der Waals surface area (Å²) in [5.41, 5.74) is 0.510. The monoisotopic (exact) mass is 735 g/mol. The Morgan fingerprint density at radius 2 is 0.860 bits per heavy atom. The molecule has 0 saturated carbocycles. The highest BCUT2D eigenvalue weighted by Crippen LogP contribution is 2.29. The maximum atomic E-state index is 13.5. The summed E-state index contributed by atoms with van der Waals surface area (Å²) >= 11 is 12.5. The maximum absolute atomic E-state index is 13.5. The molecule has 0 unspecified atom stereocenters. The summed E-state index contributed by atoms with van der Waals surface area (Å²) in [6.07, 6.45) is 0.604. The zero-order valence-electron chi connectivity index (χ0n) is 28.1. The molecule has 0 atom stereocenters. The van der Waals surface area contributed by atoms with Gasteiger partial charge >= 0.3 is 0 Å². The van der Waals surface area contributed by atoms with Crippen molar-refractivity contribution >= 4 is 98.5 Å². The molecule has 0 aliphatic heterocycles. The lowest BCUT2D eigenvalue weighted by Crippen LogP contribution is -2.47. The van der Waals surface area contributed by atoms with Crippen LogP contribution in [0.1, 0.15) is 27.7 Å². The molecule has 6 aromatic carbocycles. The van der Waals surface area contributed by atoms with E-state index in [1.54, 1.807) is 60.7 Å². The Morgan fingerprint density at radius 1 is 0.560 bits per heavy atom. The summed E-state index contributed by atoms with van der Waals surface area (Å²) in [6, 6.07) is 16.0. The van der Waals surface area contributed by atoms with Crippen molar-refractivity contribution in [2.24, 2.45) is 0 Å². The summed E-state index contributed by atoms with van der Waals surface area (Å²) in [4.78, 5) is 59.9. The Labute approximate surface area is 296 Å². The van der Waals surface area contributed by atoms with Crippen LogP contribution in [0.15, 0.2) is 79.8 Å². The number of rotatable bonds is 4. The van der Waals surface area contributed by atoms with Crippen molar-refractivity contribution in [2.45, 2.75) is 27.7 Å². The van der Waals surface area contributed by atoms with Crippen molar-refractivity contribution in [2.75, 3.05) is 32.4 Å². The van der Waals surface area contributed by atoms with Gasteiger partial charge in [0.15, 0.2) is 21.7 Å². The van der Waals surface area contributed by atoms with E-state index < -0.39 is 10.1 Å². The van der Waals surface area contributed by atoms with Crippen molar-refractivity contribution in [3.63, 3.8) is 0 Å². The highest BCUT2D eigenvalue weighted by Gasteiger charge is 2.19. The maximum Gasteiger partial charge on any atom is 0.196 e. The first-order valence-corrected chi connectivity index (χ1v) is 18.6. The first-order chi connectivity index (χ1) is 23.6. The van der Waals surface area contributed by atoms with E-state index >= 15 is 0 Å². The fraction of sp³-hybridized carbons (Fsp3) is 0.243. The van der Waals surface area contributed by atoms with Crippen molar-refractivity contribution in [3.05, 3.63) is 112 Å². The van der Waals surface area contributed by atoms with E-state index in [2.05, 4.69) is 37.7 Å². The summed E-state index contributed by atoms with van der Waals surface area (Å²) in [6.45, 7) is 14.2. The molecule has 0 fully saturated rings. The second-order valence-electron chi connectivity index (χ2n) is 12.0. The van der Waals surface area contributed by atoms with E-state index in [4.69, 9.17) is 36.2 Å². The summed E-state index contributed by atoms with van der Waals surface area (Å²) in [5, 5.41) is 2.23. The Balaban J connectivity index is 0.000000296. The van der Waals surface area contributed by atoms with Crippen LogP contribution in [0.5, 0.6) is 0 Å². The number of nitrogens with one attached hydrogen (secondary N) is 2. The third kappa shape index (κ3) is 6.59. The van der Waals surface area contributed by atoms with Crippen LogP contribution >= 0.6 is 23.2 Å². The minimum absolute atomic E-state index is 0.191. The molecule has 10 nitrogen and oxygen atoms in total. The predicted molar refractivity (Wildman–Crippen MR) is 205 cm³/mol. The van der Waals surface area contributed by atoms with Gasteiger partial charge in [-0.05, 0) is 64.1 Å². The first-order valence-electron chi connectivity index (χ1n) is 16.0. The number of quaternary nitrogens is 1. The van der Waals surface area contributed by atoms with Gasteiger partial charge in [0, 0.05) is 27.8 Å². The van der Waals surface area contributed by atoms with Crippen molar-refractivity contribution < 1.29 is 17.5 Å².